The van der Waals surface area contributed by atoms with Crippen LogP contribution in [0.3, 0.4) is 0 Å². The summed E-state index contributed by atoms with van der Waals surface area (Å²) in [5, 5.41) is 0. The lowest BCUT2D eigenvalue weighted by Crippen LogP contribution is -2.42. The highest BCUT2D eigenvalue weighted by Crippen LogP contribution is 1.98. The van der Waals surface area contributed by atoms with Gasteiger partial charge in [0.2, 0.25) is 0 Å². The highest BCUT2D eigenvalue weighted by Gasteiger charge is 2.16. The van der Waals surface area contributed by atoms with Crippen LogP contribution >= 0.6 is 0 Å². The molecule has 1 unspecified atom stereocenters. The first kappa shape index (κ1) is 16.1. The maximum Gasteiger partial charge on any atom is 0.422 e. The predicted molar refractivity (Wildman–Crippen MR) is 64.5 cm³/mol. The first-order chi connectivity index (χ1) is 7.76. The molecule has 0 aromatic carbocycles. The van der Waals surface area contributed by atoms with E-state index in [2.05, 4.69) is 9.46 Å². The number of ether oxygens (including phenoxy) is 1. The van der Waals surface area contributed by atoms with Gasteiger partial charge in [-0.1, -0.05) is 6.92 Å². The molecular formula is C9H21N3O4S. The Morgan fingerprint density at radius 1 is 1.35 bits per heavy atom. The number of carbonyl (C=O) groups excluding carboxylic acids is 1. The molecule has 0 bridgehead atoms. The highest BCUT2D eigenvalue weighted by molar-refractivity contribution is 7.88. The zero-order valence-corrected chi connectivity index (χ0v) is 11.2. The third-order valence-corrected chi connectivity index (χ3v) is 2.82. The van der Waals surface area contributed by atoms with E-state index < -0.39 is 16.3 Å². The molecule has 0 rings (SSSR count). The molecule has 0 saturated heterocycles. The van der Waals surface area contributed by atoms with Gasteiger partial charge < -0.3 is 10.5 Å². The van der Waals surface area contributed by atoms with E-state index in [9.17, 15) is 13.2 Å². The molecule has 102 valence electrons. The van der Waals surface area contributed by atoms with Crippen LogP contribution < -0.4 is 15.2 Å². The van der Waals surface area contributed by atoms with Crippen LogP contribution in [0.25, 0.3) is 0 Å². The van der Waals surface area contributed by atoms with E-state index in [0.717, 1.165) is 0 Å². The zero-order chi connectivity index (χ0) is 13.5. The lowest BCUT2D eigenvalue weighted by Gasteiger charge is -2.13. The van der Waals surface area contributed by atoms with Crippen molar-refractivity contribution in [2.45, 2.75) is 33.3 Å². The molecule has 0 heterocycles. The minimum Gasteiger partial charge on any atom is -0.446 e. The topological polar surface area (TPSA) is 111 Å². The van der Waals surface area contributed by atoms with Gasteiger partial charge >= 0.3 is 16.3 Å². The number of nitrogens with one attached hydrogen (secondary N) is 2. The number of carbonyl (C=O) groups is 1. The molecule has 1 atom stereocenters. The van der Waals surface area contributed by atoms with Crippen molar-refractivity contribution in [3.05, 3.63) is 0 Å². The van der Waals surface area contributed by atoms with Gasteiger partial charge in [0, 0.05) is 6.54 Å². The first-order valence-corrected chi connectivity index (χ1v) is 6.93. The molecule has 0 fully saturated rings. The molecule has 0 saturated carbocycles. The van der Waals surface area contributed by atoms with Crippen molar-refractivity contribution in [1.82, 2.24) is 9.44 Å². The maximum absolute atomic E-state index is 11.4. The average molecular weight is 267 g/mol. The molecular weight excluding hydrogens is 246 g/mol. The molecule has 0 aliphatic heterocycles. The van der Waals surface area contributed by atoms with Crippen LogP contribution in [-0.4, -0.2) is 33.7 Å². The van der Waals surface area contributed by atoms with E-state index >= 15 is 0 Å². The van der Waals surface area contributed by atoms with Gasteiger partial charge in [-0.15, -0.1) is 0 Å². The molecule has 4 N–H and O–H groups in total. The second kappa shape index (κ2) is 7.46. The van der Waals surface area contributed by atoms with E-state index in [4.69, 9.17) is 5.73 Å². The lowest BCUT2D eigenvalue weighted by atomic mass is 10.1. The smallest absolute Gasteiger partial charge is 0.422 e. The third kappa shape index (κ3) is 8.90. The second-order valence-corrected chi connectivity index (χ2v) is 5.59. The minimum atomic E-state index is -3.86. The largest absolute Gasteiger partial charge is 0.446 e. The van der Waals surface area contributed by atoms with E-state index in [1.54, 1.807) is 18.6 Å². The van der Waals surface area contributed by atoms with E-state index in [1.165, 1.54) is 0 Å². The van der Waals surface area contributed by atoms with Crippen molar-refractivity contribution in [1.29, 1.82) is 0 Å². The summed E-state index contributed by atoms with van der Waals surface area (Å²) in [4.78, 5) is 11.1. The summed E-state index contributed by atoms with van der Waals surface area (Å²) in [6.07, 6.45) is -0.653. The molecule has 0 aromatic heterocycles. The van der Waals surface area contributed by atoms with Crippen LogP contribution in [0.1, 0.15) is 27.2 Å². The van der Waals surface area contributed by atoms with Gasteiger partial charge in [-0.25, -0.2) is 9.52 Å². The summed E-state index contributed by atoms with van der Waals surface area (Å²) in [5.74, 6) is 0.109. The lowest BCUT2D eigenvalue weighted by molar-refractivity contribution is 0.121. The summed E-state index contributed by atoms with van der Waals surface area (Å²) in [6.45, 7) is 5.83. The maximum atomic E-state index is 11.4. The van der Waals surface area contributed by atoms with Gasteiger partial charge in [0.15, 0.2) is 0 Å². The van der Waals surface area contributed by atoms with Crippen LogP contribution in [0.15, 0.2) is 0 Å². The molecule has 0 spiro atoms. The Morgan fingerprint density at radius 3 is 2.41 bits per heavy atom. The van der Waals surface area contributed by atoms with Crippen molar-refractivity contribution in [2.24, 2.45) is 11.7 Å². The monoisotopic (exact) mass is 267 g/mol. The normalized spacial score (nSPS) is 13.5. The Morgan fingerprint density at radius 2 is 1.94 bits per heavy atom. The molecule has 1 amide bonds. The van der Waals surface area contributed by atoms with Crippen LogP contribution in [-0.2, 0) is 14.9 Å². The molecule has 0 aliphatic carbocycles. The van der Waals surface area contributed by atoms with Crippen molar-refractivity contribution >= 4 is 16.3 Å². The van der Waals surface area contributed by atoms with Crippen molar-refractivity contribution in [2.75, 3.05) is 13.1 Å². The first-order valence-electron chi connectivity index (χ1n) is 5.45. The molecule has 8 heteroatoms. The van der Waals surface area contributed by atoms with Crippen LogP contribution in [0.4, 0.5) is 4.79 Å². The second-order valence-electron chi connectivity index (χ2n) is 4.09. The molecule has 7 nitrogen and oxygen atoms in total. The number of hydrogen-bond donors (Lipinski definition) is 3. The van der Waals surface area contributed by atoms with E-state index in [-0.39, 0.29) is 18.6 Å². The van der Waals surface area contributed by atoms with Crippen molar-refractivity contribution in [3.63, 3.8) is 0 Å². The predicted octanol–water partition coefficient (Wildman–Crippen LogP) is -0.0597. The van der Waals surface area contributed by atoms with Gasteiger partial charge in [-0.05, 0) is 32.7 Å². The fraction of sp³-hybridized carbons (Fsp3) is 0.889. The Hall–Kier alpha value is -0.860. The standard InChI is InChI=1S/C9H21N3O4S/c1-7(2)16-9(13)12-17(14,15)11-6-8(3)4-5-10/h7-8,11H,4-6,10H2,1-3H3,(H,12,13). The summed E-state index contributed by atoms with van der Waals surface area (Å²) in [6, 6.07) is 0. The molecule has 0 aliphatic rings. The summed E-state index contributed by atoms with van der Waals surface area (Å²) in [5.41, 5.74) is 5.34. The zero-order valence-electron chi connectivity index (χ0n) is 10.4. The van der Waals surface area contributed by atoms with Crippen molar-refractivity contribution in [3.8, 4) is 0 Å². The number of nitrogens with two attached hydrogens (primary N) is 1. The van der Waals surface area contributed by atoms with E-state index in [0.29, 0.717) is 13.0 Å². The Kier molecular flexibility index (Phi) is 7.09. The summed E-state index contributed by atoms with van der Waals surface area (Å²) >= 11 is 0. The van der Waals surface area contributed by atoms with Crippen LogP contribution in [0, 0.1) is 5.92 Å². The Balaban J connectivity index is 4.08. The van der Waals surface area contributed by atoms with Gasteiger partial charge in [-0.2, -0.15) is 13.1 Å². The highest BCUT2D eigenvalue weighted by atomic mass is 32.2. The van der Waals surface area contributed by atoms with Gasteiger partial charge in [0.05, 0.1) is 6.10 Å². The average Bonchev–Trinajstić information content (AvgIpc) is 2.13. The number of amides is 1. The third-order valence-electron chi connectivity index (χ3n) is 1.84. The van der Waals surface area contributed by atoms with E-state index in [1.807, 2.05) is 6.92 Å². The van der Waals surface area contributed by atoms with Crippen LogP contribution in [0.2, 0.25) is 0 Å². The molecule has 17 heavy (non-hydrogen) atoms. The minimum absolute atomic E-state index is 0.109. The van der Waals surface area contributed by atoms with Crippen molar-refractivity contribution < 1.29 is 17.9 Å². The van der Waals surface area contributed by atoms with Gasteiger partial charge in [-0.3, -0.25) is 0 Å². The van der Waals surface area contributed by atoms with Gasteiger partial charge in [0.25, 0.3) is 0 Å². The SMILES string of the molecule is CC(CCN)CNS(=O)(=O)NC(=O)OC(C)C. The number of hydrogen-bond acceptors (Lipinski definition) is 5. The van der Waals surface area contributed by atoms with Gasteiger partial charge in [0.1, 0.15) is 0 Å². The Labute approximate surface area is 102 Å². The summed E-state index contributed by atoms with van der Waals surface area (Å²) in [7, 11) is -3.86. The number of rotatable bonds is 7. The molecule has 0 radical (unpaired) electrons. The van der Waals surface area contributed by atoms with Crippen LogP contribution in [0.5, 0.6) is 0 Å². The fourth-order valence-electron chi connectivity index (χ4n) is 1.02. The quantitative estimate of drug-likeness (QED) is 0.598. The Bertz CT molecular complexity index is 329. The molecule has 0 aromatic rings. The summed E-state index contributed by atoms with van der Waals surface area (Å²) < 4.78 is 31.4. The fourth-order valence-corrected chi connectivity index (χ4v) is 1.87.